The lowest BCUT2D eigenvalue weighted by atomic mass is 10.1. The molecule has 142 valence electrons. The summed E-state index contributed by atoms with van der Waals surface area (Å²) in [5.74, 6) is -1.26. The molecule has 0 spiro atoms. The molecule has 0 bridgehead atoms. The fraction of sp³-hybridized carbons (Fsp3) is 0.278. The number of rotatable bonds is 5. The third-order valence-corrected chi connectivity index (χ3v) is 4.22. The van der Waals surface area contributed by atoms with Crippen LogP contribution in [0, 0.1) is 0 Å². The second-order valence-electron chi connectivity index (χ2n) is 5.74. The smallest absolute Gasteiger partial charge is 0.355 e. The van der Waals surface area contributed by atoms with E-state index >= 15 is 0 Å². The number of nitrogens with zero attached hydrogens (tertiary/aromatic N) is 3. The average Bonchev–Trinajstić information content (AvgIpc) is 3.11. The first kappa shape index (κ1) is 18.9. The van der Waals surface area contributed by atoms with Crippen molar-refractivity contribution in [1.29, 1.82) is 0 Å². The number of esters is 2. The highest BCUT2D eigenvalue weighted by Crippen LogP contribution is 2.27. The zero-order valence-corrected chi connectivity index (χ0v) is 15.6. The van der Waals surface area contributed by atoms with Crippen molar-refractivity contribution in [2.24, 2.45) is 0 Å². The summed E-state index contributed by atoms with van der Waals surface area (Å²) in [7, 11) is 2.51. The Morgan fingerprint density at radius 2 is 1.89 bits per heavy atom. The lowest BCUT2D eigenvalue weighted by Gasteiger charge is -2.31. The van der Waals surface area contributed by atoms with E-state index in [0.29, 0.717) is 17.3 Å². The van der Waals surface area contributed by atoms with Crippen molar-refractivity contribution >= 4 is 29.2 Å². The monoisotopic (exact) mass is 391 g/mol. The first-order valence-electron chi connectivity index (χ1n) is 8.05. The molecule has 2 aromatic rings. The van der Waals surface area contributed by atoms with Crippen molar-refractivity contribution in [3.63, 3.8) is 0 Å². The minimum absolute atomic E-state index is 0.0221. The van der Waals surface area contributed by atoms with Gasteiger partial charge in [-0.15, -0.1) is 0 Å². The summed E-state index contributed by atoms with van der Waals surface area (Å²) in [4.78, 5) is 25.9. The van der Waals surface area contributed by atoms with Crippen molar-refractivity contribution in [3.05, 3.63) is 58.5 Å². The molecule has 0 atom stereocenters. The van der Waals surface area contributed by atoms with E-state index in [-0.39, 0.29) is 24.6 Å². The Kier molecular flexibility index (Phi) is 5.78. The number of hydrogen-bond acceptors (Lipinski definition) is 7. The largest absolute Gasteiger partial charge is 0.466 e. The number of aromatic nitrogens is 2. The molecule has 1 aliphatic heterocycles. The lowest BCUT2D eigenvalue weighted by molar-refractivity contribution is -0.140. The van der Waals surface area contributed by atoms with Gasteiger partial charge in [-0.05, 0) is 17.7 Å². The average molecular weight is 392 g/mol. The van der Waals surface area contributed by atoms with Crippen LogP contribution in [-0.4, -0.2) is 49.3 Å². The number of carbonyl (C=O) groups is 2. The Bertz CT molecular complexity index is 875. The molecule has 9 heteroatoms. The molecule has 8 nitrogen and oxygen atoms in total. The minimum Gasteiger partial charge on any atom is -0.466 e. The van der Waals surface area contributed by atoms with Gasteiger partial charge in [0.25, 0.3) is 0 Å². The standard InChI is InChI=1S/C18H18ClN3O5/c1-25-17(23)15-10-27-11-22(16(15)18(24)26-2)14-5-3-12(4-6-14)8-21-9-13(19)7-20-21/h3-7,9H,8,10-11H2,1-2H3. The maximum Gasteiger partial charge on any atom is 0.355 e. The summed E-state index contributed by atoms with van der Waals surface area (Å²) in [6, 6.07) is 7.44. The first-order valence-corrected chi connectivity index (χ1v) is 8.43. The van der Waals surface area contributed by atoms with Crippen molar-refractivity contribution in [2.75, 3.05) is 32.5 Å². The van der Waals surface area contributed by atoms with E-state index in [9.17, 15) is 9.59 Å². The van der Waals surface area contributed by atoms with Crippen molar-refractivity contribution in [1.82, 2.24) is 9.78 Å². The number of methoxy groups -OCH3 is 2. The van der Waals surface area contributed by atoms with Gasteiger partial charge in [-0.3, -0.25) is 4.68 Å². The zero-order valence-electron chi connectivity index (χ0n) is 14.8. The third-order valence-electron chi connectivity index (χ3n) is 4.03. The third kappa shape index (κ3) is 4.12. The molecule has 2 heterocycles. The molecule has 0 fully saturated rings. The second-order valence-corrected chi connectivity index (χ2v) is 6.17. The predicted octanol–water partition coefficient (Wildman–Crippen LogP) is 1.98. The van der Waals surface area contributed by atoms with Crippen LogP contribution >= 0.6 is 11.6 Å². The Morgan fingerprint density at radius 1 is 1.19 bits per heavy atom. The molecule has 0 aliphatic carbocycles. The van der Waals surface area contributed by atoms with Crippen LogP contribution < -0.4 is 4.90 Å². The summed E-state index contributed by atoms with van der Waals surface area (Å²) in [5, 5.41) is 4.71. The van der Waals surface area contributed by atoms with E-state index in [4.69, 9.17) is 25.8 Å². The molecule has 0 N–H and O–H groups in total. The molecule has 3 rings (SSSR count). The summed E-state index contributed by atoms with van der Waals surface area (Å²) in [5.41, 5.74) is 1.90. The van der Waals surface area contributed by atoms with Crippen LogP contribution in [0.5, 0.6) is 0 Å². The minimum atomic E-state index is -0.632. The number of benzene rings is 1. The molecule has 1 aromatic carbocycles. The molecule has 0 saturated heterocycles. The topological polar surface area (TPSA) is 82.9 Å². The number of ether oxygens (including phenoxy) is 3. The maximum absolute atomic E-state index is 12.3. The van der Waals surface area contributed by atoms with Gasteiger partial charge in [0.1, 0.15) is 12.4 Å². The van der Waals surface area contributed by atoms with Gasteiger partial charge in [-0.2, -0.15) is 5.10 Å². The molecular formula is C18H18ClN3O5. The Hall–Kier alpha value is -2.84. The summed E-state index contributed by atoms with van der Waals surface area (Å²) >= 11 is 5.87. The first-order chi connectivity index (χ1) is 13.0. The highest BCUT2D eigenvalue weighted by atomic mass is 35.5. The maximum atomic E-state index is 12.3. The SMILES string of the molecule is COC(=O)C1=C(C(=O)OC)N(c2ccc(Cn3cc(Cl)cn3)cc2)COC1. The fourth-order valence-corrected chi connectivity index (χ4v) is 2.90. The van der Waals surface area contributed by atoms with Gasteiger partial charge >= 0.3 is 11.9 Å². The van der Waals surface area contributed by atoms with Crippen molar-refractivity contribution in [3.8, 4) is 0 Å². The summed E-state index contributed by atoms with van der Waals surface area (Å²) in [6.45, 7) is 0.640. The molecule has 1 aliphatic rings. The Balaban J connectivity index is 1.89. The molecule has 27 heavy (non-hydrogen) atoms. The second kappa shape index (κ2) is 8.24. The van der Waals surface area contributed by atoms with Gasteiger partial charge < -0.3 is 19.1 Å². The van der Waals surface area contributed by atoms with Crippen molar-refractivity contribution in [2.45, 2.75) is 6.54 Å². The van der Waals surface area contributed by atoms with E-state index in [1.807, 2.05) is 24.3 Å². The van der Waals surface area contributed by atoms with Crippen LogP contribution in [0.4, 0.5) is 5.69 Å². The molecule has 0 amide bonds. The van der Waals surface area contributed by atoms with Crippen LogP contribution in [0.25, 0.3) is 0 Å². The van der Waals surface area contributed by atoms with E-state index in [1.54, 1.807) is 22.0 Å². The fourth-order valence-electron chi connectivity index (χ4n) is 2.74. The number of halogens is 1. The number of carbonyl (C=O) groups excluding carboxylic acids is 2. The molecule has 1 aromatic heterocycles. The van der Waals surface area contributed by atoms with Crippen LogP contribution in [-0.2, 0) is 30.3 Å². The van der Waals surface area contributed by atoms with Gasteiger partial charge in [0, 0.05) is 11.9 Å². The quantitative estimate of drug-likeness (QED) is 0.720. The highest BCUT2D eigenvalue weighted by molar-refractivity contribution is 6.30. The predicted molar refractivity (Wildman–Crippen MR) is 97.1 cm³/mol. The van der Waals surface area contributed by atoms with E-state index in [1.165, 1.54) is 14.2 Å². The highest BCUT2D eigenvalue weighted by Gasteiger charge is 2.32. The van der Waals surface area contributed by atoms with Gasteiger partial charge in [-0.1, -0.05) is 23.7 Å². The van der Waals surface area contributed by atoms with E-state index in [0.717, 1.165) is 5.56 Å². The van der Waals surface area contributed by atoms with Crippen LogP contribution in [0.15, 0.2) is 47.9 Å². The van der Waals surface area contributed by atoms with Crippen LogP contribution in [0.3, 0.4) is 0 Å². The number of hydrogen-bond donors (Lipinski definition) is 0. The van der Waals surface area contributed by atoms with Gasteiger partial charge in [-0.25, -0.2) is 9.59 Å². The van der Waals surface area contributed by atoms with Gasteiger partial charge in [0.15, 0.2) is 0 Å². The zero-order chi connectivity index (χ0) is 19.4. The normalized spacial score (nSPS) is 14.3. The van der Waals surface area contributed by atoms with Gasteiger partial charge in [0.05, 0.1) is 44.2 Å². The Labute approximate surface area is 160 Å². The van der Waals surface area contributed by atoms with E-state index in [2.05, 4.69) is 5.10 Å². The summed E-state index contributed by atoms with van der Waals surface area (Å²) < 4.78 is 16.8. The van der Waals surface area contributed by atoms with Crippen LogP contribution in [0.2, 0.25) is 5.02 Å². The van der Waals surface area contributed by atoms with Crippen molar-refractivity contribution < 1.29 is 23.8 Å². The number of anilines is 1. The van der Waals surface area contributed by atoms with Crippen LogP contribution in [0.1, 0.15) is 5.56 Å². The Morgan fingerprint density at radius 3 is 2.48 bits per heavy atom. The lowest BCUT2D eigenvalue weighted by Crippen LogP contribution is -2.38. The van der Waals surface area contributed by atoms with E-state index < -0.39 is 11.9 Å². The summed E-state index contributed by atoms with van der Waals surface area (Å²) in [6.07, 6.45) is 3.30. The molecular weight excluding hydrogens is 374 g/mol. The molecule has 0 unspecified atom stereocenters. The van der Waals surface area contributed by atoms with Gasteiger partial charge in [0.2, 0.25) is 0 Å². The molecule has 0 saturated carbocycles. The molecule has 0 radical (unpaired) electrons.